The van der Waals surface area contributed by atoms with Crippen LogP contribution in [0, 0.1) is 0 Å². The number of hydrogen-bond acceptors (Lipinski definition) is 5. The van der Waals surface area contributed by atoms with Crippen molar-refractivity contribution in [3.63, 3.8) is 0 Å². The van der Waals surface area contributed by atoms with Gasteiger partial charge in [0.25, 0.3) is 5.91 Å². The average molecular weight is 301 g/mol. The molecule has 1 aliphatic heterocycles. The summed E-state index contributed by atoms with van der Waals surface area (Å²) < 4.78 is 7.40. The van der Waals surface area contributed by atoms with E-state index in [9.17, 15) is 4.79 Å². The molecule has 1 unspecified atom stereocenters. The summed E-state index contributed by atoms with van der Waals surface area (Å²) in [5.74, 6) is -0.105. The van der Waals surface area contributed by atoms with Crippen LogP contribution in [0.4, 0.5) is 0 Å². The van der Waals surface area contributed by atoms with Crippen molar-refractivity contribution in [2.75, 3.05) is 33.3 Å². The number of hydrogen-bond donors (Lipinski definition) is 1. The molecule has 22 heavy (non-hydrogen) atoms. The molecule has 0 bridgehead atoms. The summed E-state index contributed by atoms with van der Waals surface area (Å²) in [6.07, 6.45) is 3.24. The van der Waals surface area contributed by atoms with Crippen molar-refractivity contribution >= 4 is 5.91 Å². The fourth-order valence-corrected chi connectivity index (χ4v) is 2.44. The molecule has 1 atom stereocenters. The fourth-order valence-electron chi connectivity index (χ4n) is 2.44. The lowest BCUT2D eigenvalue weighted by atomic mass is 10.2. The molecule has 2 aromatic rings. The number of morpholine rings is 1. The van der Waals surface area contributed by atoms with Crippen LogP contribution in [0.3, 0.4) is 0 Å². The maximum atomic E-state index is 12.3. The van der Waals surface area contributed by atoms with Crippen LogP contribution in [0.5, 0.6) is 0 Å². The zero-order valence-electron chi connectivity index (χ0n) is 12.5. The van der Waals surface area contributed by atoms with Gasteiger partial charge in [0.05, 0.1) is 12.7 Å². The Morgan fingerprint density at radius 3 is 3.00 bits per heavy atom. The van der Waals surface area contributed by atoms with E-state index in [1.54, 1.807) is 23.3 Å². The summed E-state index contributed by atoms with van der Waals surface area (Å²) >= 11 is 0. The summed E-state index contributed by atoms with van der Waals surface area (Å²) in [5.41, 5.74) is 1.46. The molecule has 0 saturated carbocycles. The molecule has 1 fully saturated rings. The molecule has 1 aliphatic rings. The SMILES string of the molecule is CN1CCOC(CNC(=O)c2cccc(-n3cnnc3)c2)C1. The molecule has 1 saturated heterocycles. The lowest BCUT2D eigenvalue weighted by molar-refractivity contribution is -0.0175. The van der Waals surface area contributed by atoms with Gasteiger partial charge in [-0.25, -0.2) is 0 Å². The number of rotatable bonds is 4. The first-order valence-corrected chi connectivity index (χ1v) is 7.26. The highest BCUT2D eigenvalue weighted by Crippen LogP contribution is 2.10. The molecule has 0 aliphatic carbocycles. The number of aromatic nitrogens is 3. The second-order valence-electron chi connectivity index (χ2n) is 5.38. The van der Waals surface area contributed by atoms with Crippen LogP contribution in [0.2, 0.25) is 0 Å². The van der Waals surface area contributed by atoms with Crippen LogP contribution in [0.1, 0.15) is 10.4 Å². The monoisotopic (exact) mass is 301 g/mol. The first-order valence-electron chi connectivity index (χ1n) is 7.26. The van der Waals surface area contributed by atoms with Crippen LogP contribution in [-0.2, 0) is 4.74 Å². The predicted molar refractivity (Wildman–Crippen MR) is 80.9 cm³/mol. The Morgan fingerprint density at radius 1 is 1.41 bits per heavy atom. The summed E-state index contributed by atoms with van der Waals surface area (Å²) in [5, 5.41) is 10.5. The van der Waals surface area contributed by atoms with E-state index in [4.69, 9.17) is 4.74 Å². The summed E-state index contributed by atoms with van der Waals surface area (Å²) in [7, 11) is 2.06. The van der Waals surface area contributed by atoms with Crippen LogP contribution in [0.25, 0.3) is 5.69 Å². The first kappa shape index (κ1) is 14.7. The van der Waals surface area contributed by atoms with E-state index in [1.165, 1.54) is 0 Å². The molecule has 1 aromatic carbocycles. The van der Waals surface area contributed by atoms with Gasteiger partial charge in [0, 0.05) is 30.9 Å². The lowest BCUT2D eigenvalue weighted by Gasteiger charge is -2.30. The quantitative estimate of drug-likeness (QED) is 0.881. The van der Waals surface area contributed by atoms with Crippen molar-refractivity contribution in [2.24, 2.45) is 0 Å². The van der Waals surface area contributed by atoms with Gasteiger partial charge in [0.15, 0.2) is 0 Å². The minimum Gasteiger partial charge on any atom is -0.374 e. The number of nitrogens with zero attached hydrogens (tertiary/aromatic N) is 4. The number of amides is 1. The van der Waals surface area contributed by atoms with E-state index in [1.807, 2.05) is 18.2 Å². The summed E-state index contributed by atoms with van der Waals surface area (Å²) in [4.78, 5) is 14.5. The Labute approximate surface area is 128 Å². The minimum atomic E-state index is -0.105. The van der Waals surface area contributed by atoms with Crippen LogP contribution in [-0.4, -0.2) is 65.0 Å². The van der Waals surface area contributed by atoms with Gasteiger partial charge in [-0.2, -0.15) is 0 Å². The Bertz CT molecular complexity index is 629. The maximum Gasteiger partial charge on any atom is 0.251 e. The molecule has 1 amide bonds. The molecule has 0 radical (unpaired) electrons. The molecular weight excluding hydrogens is 282 g/mol. The van der Waals surface area contributed by atoms with Gasteiger partial charge >= 0.3 is 0 Å². The fraction of sp³-hybridized carbons (Fsp3) is 0.400. The van der Waals surface area contributed by atoms with Crippen LogP contribution in [0.15, 0.2) is 36.9 Å². The lowest BCUT2D eigenvalue weighted by Crippen LogP contribution is -2.45. The molecular formula is C15H19N5O2. The highest BCUT2D eigenvalue weighted by molar-refractivity contribution is 5.94. The summed E-state index contributed by atoms with van der Waals surface area (Å²) in [6.45, 7) is 2.99. The van der Waals surface area contributed by atoms with Crippen molar-refractivity contribution in [3.05, 3.63) is 42.5 Å². The molecule has 7 nitrogen and oxygen atoms in total. The topological polar surface area (TPSA) is 72.3 Å². The van der Waals surface area contributed by atoms with Crippen molar-refractivity contribution in [2.45, 2.75) is 6.10 Å². The number of likely N-dealkylation sites (N-methyl/N-ethyl adjacent to an activating group) is 1. The van der Waals surface area contributed by atoms with E-state index >= 15 is 0 Å². The van der Waals surface area contributed by atoms with E-state index in [-0.39, 0.29) is 12.0 Å². The third kappa shape index (κ3) is 3.49. The number of benzene rings is 1. The van der Waals surface area contributed by atoms with Crippen molar-refractivity contribution in [1.82, 2.24) is 25.0 Å². The predicted octanol–water partition coefficient (Wildman–Crippen LogP) is 0.328. The zero-order valence-corrected chi connectivity index (χ0v) is 12.5. The highest BCUT2D eigenvalue weighted by atomic mass is 16.5. The van der Waals surface area contributed by atoms with Gasteiger partial charge in [-0.15, -0.1) is 10.2 Å². The van der Waals surface area contributed by atoms with E-state index < -0.39 is 0 Å². The Hall–Kier alpha value is -2.25. The number of carbonyl (C=O) groups excluding carboxylic acids is 1. The van der Waals surface area contributed by atoms with Gasteiger partial charge < -0.3 is 15.0 Å². The van der Waals surface area contributed by atoms with Gasteiger partial charge in [-0.1, -0.05) is 6.07 Å². The van der Waals surface area contributed by atoms with E-state index in [0.29, 0.717) is 18.7 Å². The molecule has 116 valence electrons. The number of carbonyl (C=O) groups is 1. The highest BCUT2D eigenvalue weighted by Gasteiger charge is 2.18. The first-order chi connectivity index (χ1) is 10.7. The van der Waals surface area contributed by atoms with Gasteiger partial charge in [0.1, 0.15) is 12.7 Å². The average Bonchev–Trinajstić information content (AvgIpc) is 3.07. The Morgan fingerprint density at radius 2 is 2.23 bits per heavy atom. The Kier molecular flexibility index (Phi) is 4.45. The third-order valence-corrected chi connectivity index (χ3v) is 3.66. The third-order valence-electron chi connectivity index (χ3n) is 3.66. The normalized spacial score (nSPS) is 19.0. The zero-order chi connectivity index (χ0) is 15.4. The molecule has 7 heteroatoms. The van der Waals surface area contributed by atoms with E-state index in [2.05, 4.69) is 27.5 Å². The molecule has 3 rings (SSSR count). The summed E-state index contributed by atoms with van der Waals surface area (Å²) in [6, 6.07) is 7.35. The van der Waals surface area contributed by atoms with Gasteiger partial charge in [-0.3, -0.25) is 9.36 Å². The van der Waals surface area contributed by atoms with Gasteiger partial charge in [0.2, 0.25) is 0 Å². The maximum absolute atomic E-state index is 12.3. The minimum absolute atomic E-state index is 0.0451. The molecule has 1 N–H and O–H groups in total. The second kappa shape index (κ2) is 6.67. The Balaban J connectivity index is 1.61. The smallest absolute Gasteiger partial charge is 0.251 e. The second-order valence-corrected chi connectivity index (χ2v) is 5.38. The molecule has 0 spiro atoms. The largest absolute Gasteiger partial charge is 0.374 e. The number of ether oxygens (including phenoxy) is 1. The molecule has 2 heterocycles. The standard InChI is InChI=1S/C15H19N5O2/c1-19-5-6-22-14(9-19)8-16-15(21)12-3-2-4-13(7-12)20-10-17-18-11-20/h2-4,7,10-11,14H,5-6,8-9H2,1H3,(H,16,21). The van der Waals surface area contributed by atoms with Gasteiger partial charge in [-0.05, 0) is 25.2 Å². The van der Waals surface area contributed by atoms with E-state index in [0.717, 1.165) is 18.8 Å². The van der Waals surface area contributed by atoms with Crippen LogP contribution >= 0.6 is 0 Å². The van der Waals surface area contributed by atoms with Crippen molar-refractivity contribution in [3.8, 4) is 5.69 Å². The number of nitrogens with one attached hydrogen (secondary N) is 1. The molecule has 1 aromatic heterocycles. The van der Waals surface area contributed by atoms with Crippen molar-refractivity contribution < 1.29 is 9.53 Å². The van der Waals surface area contributed by atoms with Crippen molar-refractivity contribution in [1.29, 1.82) is 0 Å². The van der Waals surface area contributed by atoms with Crippen LogP contribution < -0.4 is 5.32 Å².